The number of nitrogens with two attached hydrogens (primary N) is 1. The number of piperidine rings is 1. The highest BCUT2D eigenvalue weighted by Crippen LogP contribution is 2.54. The van der Waals surface area contributed by atoms with E-state index in [1.165, 1.54) is 12.1 Å². The van der Waals surface area contributed by atoms with Crippen LogP contribution in [0.1, 0.15) is 12.5 Å². The van der Waals surface area contributed by atoms with Gasteiger partial charge in [-0.15, -0.1) is 0 Å². The third-order valence-corrected chi connectivity index (χ3v) is 4.48. The van der Waals surface area contributed by atoms with Crippen molar-refractivity contribution >= 4 is 0 Å². The van der Waals surface area contributed by atoms with Gasteiger partial charge in [0.25, 0.3) is 0 Å². The Hall–Kier alpha value is -0.860. The van der Waals surface area contributed by atoms with Gasteiger partial charge >= 0.3 is 0 Å². The summed E-state index contributed by atoms with van der Waals surface area (Å²) < 4.78 is 0. The Kier molecular flexibility index (Phi) is 2.49. The van der Waals surface area contributed by atoms with E-state index in [0.29, 0.717) is 0 Å². The van der Waals surface area contributed by atoms with Gasteiger partial charge in [0.2, 0.25) is 0 Å². The zero-order valence-electron chi connectivity index (χ0n) is 9.84. The van der Waals surface area contributed by atoms with Crippen LogP contribution in [0, 0.1) is 17.8 Å². The molecule has 2 heteroatoms. The normalized spacial score (nSPS) is 37.4. The van der Waals surface area contributed by atoms with Crippen molar-refractivity contribution in [1.82, 2.24) is 4.90 Å². The molecule has 0 unspecified atom stereocenters. The number of benzene rings is 1. The number of fused-ring (bicyclic) bond motifs is 1. The first-order valence-corrected chi connectivity index (χ1v) is 6.29. The summed E-state index contributed by atoms with van der Waals surface area (Å²) in [6, 6.07) is 11.5. The first kappa shape index (κ1) is 10.3. The van der Waals surface area contributed by atoms with E-state index in [-0.39, 0.29) is 0 Å². The van der Waals surface area contributed by atoms with Gasteiger partial charge in [-0.3, -0.25) is 4.90 Å². The maximum atomic E-state index is 5.77. The summed E-state index contributed by atoms with van der Waals surface area (Å²) in [5.41, 5.74) is 7.20. The molecule has 0 bridgehead atoms. The number of likely N-dealkylation sites (tertiary alicyclic amines) is 1. The molecule has 1 aliphatic heterocycles. The van der Waals surface area contributed by atoms with Crippen LogP contribution in [-0.2, 0) is 6.54 Å². The molecular weight excluding hydrogens is 196 g/mol. The van der Waals surface area contributed by atoms with Gasteiger partial charge in [-0.25, -0.2) is 0 Å². The van der Waals surface area contributed by atoms with Crippen LogP contribution in [0.2, 0.25) is 0 Å². The van der Waals surface area contributed by atoms with Crippen LogP contribution in [0.4, 0.5) is 0 Å². The number of hydrogen-bond donors (Lipinski definition) is 1. The lowest BCUT2D eigenvalue weighted by atomic mass is 10.1. The molecule has 16 heavy (non-hydrogen) atoms. The zero-order valence-corrected chi connectivity index (χ0v) is 9.84. The van der Waals surface area contributed by atoms with Crippen molar-refractivity contribution < 1.29 is 0 Å². The summed E-state index contributed by atoms with van der Waals surface area (Å²) in [6.07, 6.45) is 0. The van der Waals surface area contributed by atoms with Crippen molar-refractivity contribution in [2.24, 2.45) is 23.5 Å². The molecule has 2 aliphatic rings. The minimum Gasteiger partial charge on any atom is -0.330 e. The average molecular weight is 216 g/mol. The Morgan fingerprint density at radius 2 is 2.06 bits per heavy atom. The lowest BCUT2D eigenvalue weighted by Gasteiger charge is -2.25. The number of nitrogens with zero attached hydrogens (tertiary/aromatic N) is 1. The fraction of sp³-hybridized carbons (Fsp3) is 0.571. The second-order valence-electron chi connectivity index (χ2n) is 5.30. The molecule has 1 aromatic rings. The molecule has 0 aromatic heterocycles. The Labute approximate surface area is 97.4 Å². The van der Waals surface area contributed by atoms with E-state index in [4.69, 9.17) is 5.73 Å². The molecule has 1 heterocycles. The summed E-state index contributed by atoms with van der Waals surface area (Å²) in [6.45, 7) is 5.61. The smallest absolute Gasteiger partial charge is 0.0236 e. The summed E-state index contributed by atoms with van der Waals surface area (Å²) in [4.78, 5) is 2.61. The van der Waals surface area contributed by atoms with E-state index in [1.807, 2.05) is 0 Å². The van der Waals surface area contributed by atoms with Gasteiger partial charge < -0.3 is 5.73 Å². The lowest BCUT2D eigenvalue weighted by Crippen LogP contribution is -2.32. The minimum absolute atomic E-state index is 0.721. The maximum absolute atomic E-state index is 5.77. The van der Waals surface area contributed by atoms with Crippen molar-refractivity contribution in [3.8, 4) is 0 Å². The molecule has 1 saturated carbocycles. The summed E-state index contributed by atoms with van der Waals surface area (Å²) in [5, 5.41) is 0. The van der Waals surface area contributed by atoms with Crippen LogP contribution in [0.3, 0.4) is 0 Å². The molecule has 86 valence electrons. The second-order valence-corrected chi connectivity index (χ2v) is 5.30. The molecule has 0 amide bonds. The first-order chi connectivity index (χ1) is 7.81. The topological polar surface area (TPSA) is 29.3 Å². The molecule has 2 N–H and O–H groups in total. The molecule has 3 rings (SSSR count). The van der Waals surface area contributed by atoms with Gasteiger partial charge in [0.1, 0.15) is 0 Å². The van der Waals surface area contributed by atoms with Gasteiger partial charge in [-0.1, -0.05) is 30.3 Å². The van der Waals surface area contributed by atoms with E-state index < -0.39 is 0 Å². The molecular formula is C14H20N2. The Morgan fingerprint density at radius 3 is 2.62 bits per heavy atom. The molecule has 2 nitrogen and oxygen atoms in total. The van der Waals surface area contributed by atoms with E-state index in [9.17, 15) is 0 Å². The molecule has 2 fully saturated rings. The largest absolute Gasteiger partial charge is 0.330 e. The van der Waals surface area contributed by atoms with Crippen molar-refractivity contribution in [3.05, 3.63) is 35.9 Å². The third kappa shape index (κ3) is 1.57. The minimum atomic E-state index is 0.721. The summed E-state index contributed by atoms with van der Waals surface area (Å²) >= 11 is 0. The Morgan fingerprint density at radius 1 is 1.31 bits per heavy atom. The van der Waals surface area contributed by atoms with Crippen molar-refractivity contribution in [3.63, 3.8) is 0 Å². The van der Waals surface area contributed by atoms with E-state index in [1.54, 1.807) is 0 Å². The van der Waals surface area contributed by atoms with Crippen LogP contribution in [0.25, 0.3) is 0 Å². The quantitative estimate of drug-likeness (QED) is 0.833. The molecule has 0 radical (unpaired) electrons. The molecule has 4 atom stereocenters. The Balaban J connectivity index is 1.63. The van der Waals surface area contributed by atoms with Crippen LogP contribution in [0.15, 0.2) is 30.3 Å². The van der Waals surface area contributed by atoms with Gasteiger partial charge in [-0.2, -0.15) is 0 Å². The number of rotatable bonds is 3. The average Bonchev–Trinajstić information content (AvgIpc) is 2.92. The van der Waals surface area contributed by atoms with E-state index in [2.05, 4.69) is 42.2 Å². The second kappa shape index (κ2) is 3.86. The number of hydrogen-bond acceptors (Lipinski definition) is 2. The predicted octanol–water partition coefficient (Wildman–Crippen LogP) is 1.71. The standard InChI is InChI=1S/C14H20N2/c1-10-14-12(7-15)13(14)9-16(10)8-11-5-3-2-4-6-11/h2-6,10,12-14H,7-9,15H2,1H3/t10-,12+,13+,14-/m1/s1. The maximum Gasteiger partial charge on any atom is 0.0236 e. The highest BCUT2D eigenvalue weighted by Gasteiger charge is 2.58. The van der Waals surface area contributed by atoms with Gasteiger partial charge in [0.15, 0.2) is 0 Å². The fourth-order valence-corrected chi connectivity index (χ4v) is 3.49. The SMILES string of the molecule is C[C@@H]1[C@@H]2[C@@H](CN)[C@@H]2CN1Cc1ccccc1. The molecule has 0 spiro atoms. The first-order valence-electron chi connectivity index (χ1n) is 6.29. The fourth-order valence-electron chi connectivity index (χ4n) is 3.49. The van der Waals surface area contributed by atoms with Gasteiger partial charge in [0, 0.05) is 19.1 Å². The van der Waals surface area contributed by atoms with Crippen LogP contribution in [-0.4, -0.2) is 24.0 Å². The Bertz CT molecular complexity index is 362. The lowest BCUT2D eigenvalue weighted by molar-refractivity contribution is 0.209. The van der Waals surface area contributed by atoms with E-state index >= 15 is 0 Å². The summed E-state index contributed by atoms with van der Waals surface area (Å²) in [5.74, 6) is 2.60. The third-order valence-electron chi connectivity index (χ3n) is 4.48. The summed E-state index contributed by atoms with van der Waals surface area (Å²) in [7, 11) is 0. The van der Waals surface area contributed by atoms with Gasteiger partial charge in [-0.05, 0) is 36.8 Å². The molecule has 1 aromatic carbocycles. The van der Waals surface area contributed by atoms with Crippen LogP contribution >= 0.6 is 0 Å². The predicted molar refractivity (Wildman–Crippen MR) is 65.8 cm³/mol. The molecule has 1 aliphatic carbocycles. The zero-order chi connectivity index (χ0) is 11.1. The molecule has 1 saturated heterocycles. The highest BCUT2D eigenvalue weighted by molar-refractivity contribution is 5.17. The van der Waals surface area contributed by atoms with Crippen molar-refractivity contribution in [2.45, 2.75) is 19.5 Å². The van der Waals surface area contributed by atoms with Gasteiger partial charge in [0.05, 0.1) is 0 Å². The van der Waals surface area contributed by atoms with E-state index in [0.717, 1.165) is 36.9 Å². The van der Waals surface area contributed by atoms with Crippen LogP contribution in [0.5, 0.6) is 0 Å². The van der Waals surface area contributed by atoms with Crippen molar-refractivity contribution in [1.29, 1.82) is 0 Å². The van der Waals surface area contributed by atoms with Crippen molar-refractivity contribution in [2.75, 3.05) is 13.1 Å². The monoisotopic (exact) mass is 216 g/mol. The highest BCUT2D eigenvalue weighted by atomic mass is 15.2. The van der Waals surface area contributed by atoms with Crippen LogP contribution < -0.4 is 5.73 Å².